The molecule has 25 heavy (non-hydrogen) atoms. The number of amides is 3. The third-order valence-electron chi connectivity index (χ3n) is 3.18. The lowest BCUT2D eigenvalue weighted by Crippen LogP contribution is -2.55. The summed E-state index contributed by atoms with van der Waals surface area (Å²) in [6.45, 7) is 4.16. The highest BCUT2D eigenvalue weighted by atomic mass is 16.4. The molecule has 4 atom stereocenters. The van der Waals surface area contributed by atoms with Gasteiger partial charge in [-0.1, -0.05) is 0 Å². The van der Waals surface area contributed by atoms with Gasteiger partial charge in [0.1, 0.15) is 18.1 Å². The van der Waals surface area contributed by atoms with Crippen LogP contribution in [0.4, 0.5) is 0 Å². The minimum atomic E-state index is -1.39. The number of rotatable bonds is 10. The summed E-state index contributed by atoms with van der Waals surface area (Å²) in [6.07, 6.45) is -0.726. The highest BCUT2D eigenvalue weighted by Gasteiger charge is 2.26. The molecule has 0 aromatic heterocycles. The van der Waals surface area contributed by atoms with Crippen LogP contribution in [-0.4, -0.2) is 64.0 Å². The maximum Gasteiger partial charge on any atom is 0.326 e. The molecule has 142 valence electrons. The molecule has 0 aliphatic carbocycles. The minimum absolute atomic E-state index is 0.294. The van der Waals surface area contributed by atoms with Crippen molar-refractivity contribution >= 4 is 29.7 Å². The average molecular weight is 360 g/mol. The number of carbonyl (C=O) groups is 5. The van der Waals surface area contributed by atoms with Crippen molar-refractivity contribution in [3.63, 3.8) is 0 Å². The maximum atomic E-state index is 11.9. The Hall–Kier alpha value is -2.69. The van der Waals surface area contributed by atoms with E-state index < -0.39 is 60.2 Å². The molecule has 0 aromatic carbocycles. The molecule has 7 N–H and O–H groups in total. The van der Waals surface area contributed by atoms with Gasteiger partial charge in [-0.15, -0.1) is 0 Å². The van der Waals surface area contributed by atoms with Crippen LogP contribution in [0.3, 0.4) is 0 Å². The summed E-state index contributed by atoms with van der Waals surface area (Å²) in [4.78, 5) is 56.8. The number of nitrogens with one attached hydrogen (secondary N) is 3. The molecule has 4 unspecified atom stereocenters. The van der Waals surface area contributed by atoms with Crippen molar-refractivity contribution in [1.29, 1.82) is 0 Å². The van der Waals surface area contributed by atoms with Gasteiger partial charge < -0.3 is 31.9 Å². The normalized spacial score (nSPS) is 15.2. The second kappa shape index (κ2) is 10.2. The smallest absolute Gasteiger partial charge is 0.326 e. The quantitative estimate of drug-likeness (QED) is 0.252. The molecule has 0 saturated heterocycles. The van der Waals surface area contributed by atoms with Crippen LogP contribution >= 0.6 is 0 Å². The summed E-state index contributed by atoms with van der Waals surface area (Å²) < 4.78 is 0. The van der Waals surface area contributed by atoms with Gasteiger partial charge in [-0.2, -0.15) is 0 Å². The summed E-state index contributed by atoms with van der Waals surface area (Å²) >= 11 is 0. The van der Waals surface area contributed by atoms with Gasteiger partial charge in [-0.3, -0.25) is 19.2 Å². The van der Waals surface area contributed by atoms with Crippen LogP contribution in [0.1, 0.15) is 33.6 Å². The Kier molecular flexibility index (Phi) is 9.13. The average Bonchev–Trinajstić information content (AvgIpc) is 2.49. The zero-order valence-electron chi connectivity index (χ0n) is 14.2. The topological polar surface area (TPSA) is 188 Å². The maximum absolute atomic E-state index is 11.9. The van der Waals surface area contributed by atoms with E-state index in [4.69, 9.17) is 15.9 Å². The fourth-order valence-electron chi connectivity index (χ4n) is 1.64. The van der Waals surface area contributed by atoms with E-state index >= 15 is 0 Å². The molecule has 3 amide bonds. The first-order chi connectivity index (χ1) is 11.5. The highest BCUT2D eigenvalue weighted by molar-refractivity contribution is 5.93. The number of carbonyl (C=O) groups excluding carboxylic acids is 3. The molecule has 0 bridgehead atoms. The second-order valence-corrected chi connectivity index (χ2v) is 5.58. The molecule has 0 heterocycles. The molecule has 0 spiro atoms. The molecule has 0 aromatic rings. The summed E-state index contributed by atoms with van der Waals surface area (Å²) in [7, 11) is 0. The zero-order chi connectivity index (χ0) is 19.7. The molecular weight excluding hydrogens is 336 g/mol. The van der Waals surface area contributed by atoms with Crippen molar-refractivity contribution in [3.8, 4) is 0 Å². The molecule has 0 aliphatic rings. The van der Waals surface area contributed by atoms with E-state index in [-0.39, 0.29) is 6.42 Å². The van der Waals surface area contributed by atoms with E-state index in [0.717, 1.165) is 0 Å². The number of carboxylic acids is 2. The summed E-state index contributed by atoms with van der Waals surface area (Å²) in [5.41, 5.74) is 5.36. The Bertz CT molecular complexity index is 535. The molecule has 0 saturated carbocycles. The lowest BCUT2D eigenvalue weighted by atomic mass is 10.1. The van der Waals surface area contributed by atoms with E-state index in [1.165, 1.54) is 20.8 Å². The van der Waals surface area contributed by atoms with Crippen molar-refractivity contribution in [2.45, 2.75) is 57.8 Å². The van der Waals surface area contributed by atoms with Crippen LogP contribution in [0.5, 0.6) is 0 Å². The van der Waals surface area contributed by atoms with Crippen LogP contribution in [0.2, 0.25) is 0 Å². The predicted octanol–water partition coefficient (Wildman–Crippen LogP) is -2.22. The fraction of sp³-hybridized carbons (Fsp3) is 0.643. The Balaban J connectivity index is 4.61. The summed E-state index contributed by atoms with van der Waals surface area (Å²) in [6, 6.07) is -4.23. The third-order valence-corrected chi connectivity index (χ3v) is 3.18. The molecule has 0 radical (unpaired) electrons. The minimum Gasteiger partial charge on any atom is -0.481 e. The van der Waals surface area contributed by atoms with E-state index in [0.29, 0.717) is 0 Å². The van der Waals surface area contributed by atoms with Crippen LogP contribution in [0.15, 0.2) is 0 Å². The van der Waals surface area contributed by atoms with Crippen LogP contribution in [-0.2, 0) is 24.0 Å². The monoisotopic (exact) mass is 360 g/mol. The van der Waals surface area contributed by atoms with Gasteiger partial charge in [0.15, 0.2) is 0 Å². The number of hydrogen-bond donors (Lipinski definition) is 6. The molecular formula is C14H24N4O7. The van der Waals surface area contributed by atoms with E-state index in [1.807, 2.05) is 0 Å². The van der Waals surface area contributed by atoms with Crippen molar-refractivity contribution < 1.29 is 34.2 Å². The fourth-order valence-corrected chi connectivity index (χ4v) is 1.64. The number of nitrogens with two attached hydrogens (primary N) is 1. The Morgan fingerprint density at radius 1 is 0.840 bits per heavy atom. The van der Waals surface area contributed by atoms with Crippen molar-refractivity contribution in [3.05, 3.63) is 0 Å². The van der Waals surface area contributed by atoms with E-state index in [1.54, 1.807) is 0 Å². The van der Waals surface area contributed by atoms with Gasteiger partial charge in [0, 0.05) is 6.42 Å². The zero-order valence-corrected chi connectivity index (χ0v) is 14.2. The van der Waals surface area contributed by atoms with E-state index in [9.17, 15) is 24.0 Å². The first-order valence-corrected chi connectivity index (χ1v) is 7.57. The first-order valence-electron chi connectivity index (χ1n) is 7.57. The lowest BCUT2D eigenvalue weighted by Gasteiger charge is -2.21. The van der Waals surface area contributed by atoms with Gasteiger partial charge in [-0.25, -0.2) is 4.79 Å². The Labute approximate surface area is 144 Å². The predicted molar refractivity (Wildman–Crippen MR) is 85.3 cm³/mol. The Morgan fingerprint density at radius 3 is 1.68 bits per heavy atom. The van der Waals surface area contributed by atoms with Crippen LogP contribution in [0, 0.1) is 0 Å². The van der Waals surface area contributed by atoms with Gasteiger partial charge in [-0.05, 0) is 27.2 Å². The Morgan fingerprint density at radius 2 is 1.28 bits per heavy atom. The second-order valence-electron chi connectivity index (χ2n) is 5.58. The lowest BCUT2D eigenvalue weighted by molar-refractivity contribution is -0.143. The summed E-state index contributed by atoms with van der Waals surface area (Å²) in [5, 5.41) is 24.4. The summed E-state index contributed by atoms with van der Waals surface area (Å²) in [5.74, 6) is -4.57. The molecule has 0 rings (SSSR count). The SMILES string of the molecule is CC(N)C(=O)NC(C)C(=O)NC(C)C(=O)NC(CCC(=O)O)C(=O)O. The van der Waals surface area contributed by atoms with Crippen molar-refractivity contribution in [2.75, 3.05) is 0 Å². The number of carboxylic acid groups (broad SMARTS) is 2. The third kappa shape index (κ3) is 8.65. The largest absolute Gasteiger partial charge is 0.481 e. The van der Waals surface area contributed by atoms with Crippen molar-refractivity contribution in [1.82, 2.24) is 16.0 Å². The van der Waals surface area contributed by atoms with Gasteiger partial charge in [0.05, 0.1) is 6.04 Å². The van der Waals surface area contributed by atoms with Crippen molar-refractivity contribution in [2.24, 2.45) is 5.73 Å². The molecule has 0 fully saturated rings. The molecule has 11 heteroatoms. The van der Waals surface area contributed by atoms with E-state index in [2.05, 4.69) is 16.0 Å². The van der Waals surface area contributed by atoms with Gasteiger partial charge >= 0.3 is 11.9 Å². The van der Waals surface area contributed by atoms with Crippen LogP contribution < -0.4 is 21.7 Å². The number of hydrogen-bond acceptors (Lipinski definition) is 6. The standard InChI is InChI=1S/C14H24N4O7/c1-6(15)11(21)16-7(2)12(22)17-8(3)13(23)18-9(14(24)25)4-5-10(19)20/h6-9H,4-5,15H2,1-3H3,(H,16,21)(H,17,22)(H,18,23)(H,19,20)(H,24,25). The molecule has 0 aliphatic heterocycles. The molecule has 11 nitrogen and oxygen atoms in total. The first kappa shape index (κ1) is 22.3. The van der Waals surface area contributed by atoms with Gasteiger partial charge in [0.25, 0.3) is 0 Å². The van der Waals surface area contributed by atoms with Crippen LogP contribution in [0.25, 0.3) is 0 Å². The highest BCUT2D eigenvalue weighted by Crippen LogP contribution is 1.99. The number of aliphatic carboxylic acids is 2. The van der Waals surface area contributed by atoms with Gasteiger partial charge in [0.2, 0.25) is 17.7 Å².